The van der Waals surface area contributed by atoms with E-state index in [-0.39, 0.29) is 11.8 Å². The van der Waals surface area contributed by atoms with E-state index in [0.29, 0.717) is 0 Å². The molecule has 1 atom stereocenters. The third-order valence-electron chi connectivity index (χ3n) is 2.65. The molecule has 0 N–H and O–H groups in total. The largest absolute Gasteiger partial charge is 0.482 e. The molecule has 0 bridgehead atoms. The predicted molar refractivity (Wildman–Crippen MR) is 73.1 cm³/mol. The van der Waals surface area contributed by atoms with E-state index in [2.05, 4.69) is 6.58 Å². The van der Waals surface area contributed by atoms with Crippen molar-refractivity contribution in [3.8, 4) is 5.75 Å². The van der Waals surface area contributed by atoms with E-state index in [9.17, 15) is 10.1 Å². The van der Waals surface area contributed by atoms with Gasteiger partial charge in [0.1, 0.15) is 11.9 Å². The van der Waals surface area contributed by atoms with Gasteiger partial charge in [0.25, 0.3) is 5.69 Å². The molecule has 0 saturated carbocycles. The van der Waals surface area contributed by atoms with Crippen molar-refractivity contribution >= 4 is 5.69 Å². The maximum absolute atomic E-state index is 10.6. The van der Waals surface area contributed by atoms with Crippen LogP contribution in [-0.2, 0) is 0 Å². The van der Waals surface area contributed by atoms with E-state index in [4.69, 9.17) is 4.74 Å². The van der Waals surface area contributed by atoms with E-state index in [0.717, 1.165) is 11.3 Å². The molecule has 0 fully saturated rings. The highest BCUT2D eigenvalue weighted by Crippen LogP contribution is 2.24. The molecule has 0 aliphatic heterocycles. The average Bonchev–Trinajstić information content (AvgIpc) is 2.46. The summed E-state index contributed by atoms with van der Waals surface area (Å²) in [4.78, 5) is 10.2. The number of nitro benzene ring substituents is 1. The van der Waals surface area contributed by atoms with E-state index < -0.39 is 4.92 Å². The summed E-state index contributed by atoms with van der Waals surface area (Å²) in [6.07, 6.45) is 1.33. The summed E-state index contributed by atoms with van der Waals surface area (Å²) >= 11 is 0. The SMILES string of the molecule is C=CC(Oc1ccccc1)c1ccc([N+](=O)[O-])cc1. The van der Waals surface area contributed by atoms with Gasteiger partial charge >= 0.3 is 0 Å². The van der Waals surface area contributed by atoms with Gasteiger partial charge in [-0.15, -0.1) is 0 Å². The van der Waals surface area contributed by atoms with Gasteiger partial charge in [-0.3, -0.25) is 10.1 Å². The standard InChI is InChI=1S/C15H13NO3/c1-2-15(19-14-6-4-3-5-7-14)12-8-10-13(11-9-12)16(17)18/h2-11,15H,1H2. The summed E-state index contributed by atoms with van der Waals surface area (Å²) in [6.45, 7) is 3.73. The Morgan fingerprint density at radius 1 is 1.11 bits per heavy atom. The topological polar surface area (TPSA) is 52.4 Å². The van der Waals surface area contributed by atoms with Crippen LogP contribution in [0.5, 0.6) is 5.75 Å². The molecule has 19 heavy (non-hydrogen) atoms. The zero-order valence-corrected chi connectivity index (χ0v) is 10.2. The molecule has 2 aromatic rings. The number of non-ortho nitro benzene ring substituents is 1. The molecule has 1 unspecified atom stereocenters. The van der Waals surface area contributed by atoms with Crippen molar-refractivity contribution in [2.24, 2.45) is 0 Å². The van der Waals surface area contributed by atoms with Crippen LogP contribution in [-0.4, -0.2) is 4.92 Å². The molecule has 0 saturated heterocycles. The Hall–Kier alpha value is -2.62. The lowest BCUT2D eigenvalue weighted by molar-refractivity contribution is -0.384. The van der Waals surface area contributed by atoms with Crippen molar-refractivity contribution < 1.29 is 9.66 Å². The van der Waals surface area contributed by atoms with Gasteiger partial charge in [-0.25, -0.2) is 0 Å². The summed E-state index contributed by atoms with van der Waals surface area (Å²) in [6, 6.07) is 15.6. The Kier molecular flexibility index (Phi) is 3.93. The van der Waals surface area contributed by atoms with Crippen molar-refractivity contribution in [1.29, 1.82) is 0 Å². The summed E-state index contributed by atoms with van der Waals surface area (Å²) in [7, 11) is 0. The van der Waals surface area contributed by atoms with Gasteiger partial charge in [-0.1, -0.05) is 24.8 Å². The molecule has 2 aromatic carbocycles. The van der Waals surface area contributed by atoms with Crippen LogP contribution < -0.4 is 4.74 Å². The lowest BCUT2D eigenvalue weighted by atomic mass is 10.1. The highest BCUT2D eigenvalue weighted by molar-refractivity contribution is 5.35. The van der Waals surface area contributed by atoms with Crippen molar-refractivity contribution in [3.63, 3.8) is 0 Å². The number of para-hydroxylation sites is 1. The molecule has 0 aliphatic carbocycles. The molecule has 0 heterocycles. The van der Waals surface area contributed by atoms with E-state index in [1.54, 1.807) is 18.2 Å². The van der Waals surface area contributed by atoms with Gasteiger partial charge < -0.3 is 4.74 Å². The molecule has 4 heteroatoms. The van der Waals surface area contributed by atoms with Crippen molar-refractivity contribution in [3.05, 3.63) is 82.9 Å². The number of benzene rings is 2. The summed E-state index contributed by atoms with van der Waals surface area (Å²) in [5.74, 6) is 0.728. The Bertz CT molecular complexity index is 564. The van der Waals surface area contributed by atoms with Crippen molar-refractivity contribution in [1.82, 2.24) is 0 Å². The number of ether oxygens (including phenoxy) is 1. The van der Waals surface area contributed by atoms with Gasteiger partial charge in [-0.2, -0.15) is 0 Å². The van der Waals surface area contributed by atoms with Crippen molar-refractivity contribution in [2.45, 2.75) is 6.10 Å². The fourth-order valence-electron chi connectivity index (χ4n) is 1.68. The first-order chi connectivity index (χ1) is 9.20. The van der Waals surface area contributed by atoms with Crippen LogP contribution in [0.4, 0.5) is 5.69 Å². The molecule has 0 spiro atoms. The van der Waals surface area contributed by atoms with Gasteiger partial charge in [-0.05, 0) is 35.9 Å². The van der Waals surface area contributed by atoms with Gasteiger partial charge in [0.15, 0.2) is 0 Å². The minimum atomic E-state index is -0.426. The molecule has 0 amide bonds. The normalized spacial score (nSPS) is 11.6. The molecule has 2 rings (SSSR count). The summed E-state index contributed by atoms with van der Waals surface area (Å²) in [5, 5.41) is 10.6. The van der Waals surface area contributed by atoms with Crippen LogP contribution in [0.25, 0.3) is 0 Å². The Labute approximate surface area is 111 Å². The second-order valence-corrected chi connectivity index (χ2v) is 3.94. The fourth-order valence-corrected chi connectivity index (χ4v) is 1.68. The number of hydrogen-bond acceptors (Lipinski definition) is 3. The Morgan fingerprint density at radius 3 is 2.26 bits per heavy atom. The molecule has 0 aromatic heterocycles. The van der Waals surface area contributed by atoms with Crippen LogP contribution in [0, 0.1) is 10.1 Å². The van der Waals surface area contributed by atoms with Crippen LogP contribution in [0.2, 0.25) is 0 Å². The highest BCUT2D eigenvalue weighted by atomic mass is 16.6. The quantitative estimate of drug-likeness (QED) is 0.462. The summed E-state index contributed by atoms with van der Waals surface area (Å²) in [5.41, 5.74) is 0.885. The Morgan fingerprint density at radius 2 is 1.74 bits per heavy atom. The second-order valence-electron chi connectivity index (χ2n) is 3.94. The van der Waals surface area contributed by atoms with Gasteiger partial charge in [0, 0.05) is 12.1 Å². The third-order valence-corrected chi connectivity index (χ3v) is 2.65. The number of nitro groups is 1. The number of rotatable bonds is 5. The molecule has 4 nitrogen and oxygen atoms in total. The van der Waals surface area contributed by atoms with Crippen LogP contribution in [0.15, 0.2) is 67.3 Å². The number of hydrogen-bond donors (Lipinski definition) is 0. The van der Waals surface area contributed by atoms with E-state index in [1.165, 1.54) is 12.1 Å². The zero-order chi connectivity index (χ0) is 13.7. The highest BCUT2D eigenvalue weighted by Gasteiger charge is 2.11. The maximum Gasteiger partial charge on any atom is 0.269 e. The second kappa shape index (κ2) is 5.82. The first kappa shape index (κ1) is 12.8. The van der Waals surface area contributed by atoms with Crippen LogP contribution in [0.1, 0.15) is 11.7 Å². The molecule has 0 radical (unpaired) electrons. The van der Waals surface area contributed by atoms with Gasteiger partial charge in [0.05, 0.1) is 4.92 Å². The molecular formula is C15H13NO3. The molecule has 96 valence electrons. The minimum Gasteiger partial charge on any atom is -0.482 e. The fraction of sp³-hybridized carbons (Fsp3) is 0.0667. The third kappa shape index (κ3) is 3.19. The van der Waals surface area contributed by atoms with Crippen molar-refractivity contribution in [2.75, 3.05) is 0 Å². The van der Waals surface area contributed by atoms with Gasteiger partial charge in [0.2, 0.25) is 0 Å². The molecule has 0 aliphatic rings. The first-order valence-corrected chi connectivity index (χ1v) is 5.79. The molecular weight excluding hydrogens is 242 g/mol. The zero-order valence-electron chi connectivity index (χ0n) is 10.2. The smallest absolute Gasteiger partial charge is 0.269 e. The Balaban J connectivity index is 2.18. The summed E-state index contributed by atoms with van der Waals surface area (Å²) < 4.78 is 5.76. The first-order valence-electron chi connectivity index (χ1n) is 5.79. The number of nitrogens with zero attached hydrogens (tertiary/aromatic N) is 1. The maximum atomic E-state index is 10.6. The predicted octanol–water partition coefficient (Wildman–Crippen LogP) is 3.90. The average molecular weight is 255 g/mol. The van der Waals surface area contributed by atoms with Crippen LogP contribution >= 0.6 is 0 Å². The minimum absolute atomic E-state index is 0.0614. The monoisotopic (exact) mass is 255 g/mol. The lowest BCUT2D eigenvalue weighted by Crippen LogP contribution is -2.04. The van der Waals surface area contributed by atoms with E-state index >= 15 is 0 Å². The van der Waals surface area contributed by atoms with Crippen LogP contribution in [0.3, 0.4) is 0 Å². The van der Waals surface area contributed by atoms with E-state index in [1.807, 2.05) is 30.3 Å². The lowest BCUT2D eigenvalue weighted by Gasteiger charge is -2.15.